The third-order valence-electron chi connectivity index (χ3n) is 3.18. The average Bonchev–Trinajstić information content (AvgIpc) is 2.63. The molecule has 1 heterocycles. The van der Waals surface area contributed by atoms with Crippen LogP contribution in [0.2, 0.25) is 0 Å². The van der Waals surface area contributed by atoms with Crippen molar-refractivity contribution in [3.8, 4) is 5.75 Å². The van der Waals surface area contributed by atoms with Crippen LogP contribution in [-0.4, -0.2) is 30.3 Å². The minimum atomic E-state index is -0.386. The van der Waals surface area contributed by atoms with Crippen LogP contribution in [-0.2, 0) is 20.9 Å². The molecule has 0 unspecified atom stereocenters. The third kappa shape index (κ3) is 7.63. The second kappa shape index (κ2) is 10.3. The third-order valence-corrected chi connectivity index (χ3v) is 3.18. The summed E-state index contributed by atoms with van der Waals surface area (Å²) in [7, 11) is 0. The maximum Gasteiger partial charge on any atom is 0.330 e. The van der Waals surface area contributed by atoms with Crippen LogP contribution < -0.4 is 4.74 Å². The Hall–Kier alpha value is -2.66. The van der Waals surface area contributed by atoms with Crippen molar-refractivity contribution in [3.63, 3.8) is 0 Å². The number of pyridine rings is 1. The number of aromatic nitrogens is 1. The van der Waals surface area contributed by atoms with Gasteiger partial charge in [-0.25, -0.2) is 4.79 Å². The lowest BCUT2D eigenvalue weighted by Crippen LogP contribution is -2.12. The van der Waals surface area contributed by atoms with Gasteiger partial charge in [-0.1, -0.05) is 18.2 Å². The van der Waals surface area contributed by atoms with E-state index in [1.165, 1.54) is 6.08 Å². The first-order chi connectivity index (χ1) is 12.1. The van der Waals surface area contributed by atoms with Crippen LogP contribution in [0.25, 0.3) is 6.08 Å². The molecule has 25 heavy (non-hydrogen) atoms. The number of carbonyl (C=O) groups is 1. The van der Waals surface area contributed by atoms with Gasteiger partial charge in [-0.15, -0.1) is 0 Å². The summed E-state index contributed by atoms with van der Waals surface area (Å²) in [5.74, 6) is 0.360. The molecule has 0 saturated carbocycles. The zero-order chi connectivity index (χ0) is 17.9. The smallest absolute Gasteiger partial charge is 0.330 e. The van der Waals surface area contributed by atoms with Crippen LogP contribution in [0.5, 0.6) is 5.75 Å². The van der Waals surface area contributed by atoms with E-state index in [-0.39, 0.29) is 18.7 Å². The number of benzene rings is 1. The van der Waals surface area contributed by atoms with Crippen LogP contribution in [0.1, 0.15) is 25.1 Å². The van der Waals surface area contributed by atoms with E-state index in [0.29, 0.717) is 13.2 Å². The molecule has 0 aliphatic carbocycles. The molecule has 2 aromatic rings. The van der Waals surface area contributed by atoms with Crippen molar-refractivity contribution < 1.29 is 19.0 Å². The van der Waals surface area contributed by atoms with E-state index in [1.807, 2.05) is 56.3 Å². The predicted octanol–water partition coefficient (Wildman–Crippen LogP) is 3.64. The molecule has 1 aromatic heterocycles. The lowest BCUT2D eigenvalue weighted by Gasteiger charge is -2.07. The highest BCUT2D eigenvalue weighted by molar-refractivity contribution is 5.87. The molecular formula is C20H23NO4. The Morgan fingerprint density at radius 2 is 1.92 bits per heavy atom. The van der Waals surface area contributed by atoms with Gasteiger partial charge < -0.3 is 14.2 Å². The molecule has 0 atom stereocenters. The fraction of sp³-hybridized carbons (Fsp3) is 0.300. The highest BCUT2D eigenvalue weighted by atomic mass is 16.6. The van der Waals surface area contributed by atoms with E-state index in [9.17, 15) is 4.79 Å². The lowest BCUT2D eigenvalue weighted by molar-refractivity contribution is -0.139. The van der Waals surface area contributed by atoms with Gasteiger partial charge in [-0.2, -0.15) is 0 Å². The molecule has 2 rings (SSSR count). The number of ether oxygens (including phenoxy) is 3. The van der Waals surface area contributed by atoms with Gasteiger partial charge in [0.25, 0.3) is 0 Å². The maximum absolute atomic E-state index is 11.6. The quantitative estimate of drug-likeness (QED) is 0.396. The number of carbonyl (C=O) groups excluding carboxylic acids is 1. The lowest BCUT2D eigenvalue weighted by atomic mass is 10.2. The maximum atomic E-state index is 11.6. The van der Waals surface area contributed by atoms with Crippen molar-refractivity contribution in [2.75, 3.05) is 13.2 Å². The summed E-state index contributed by atoms with van der Waals surface area (Å²) in [5.41, 5.74) is 1.76. The summed E-state index contributed by atoms with van der Waals surface area (Å²) in [6.07, 6.45) is 4.97. The number of hydrogen-bond donors (Lipinski definition) is 0. The van der Waals surface area contributed by atoms with E-state index in [0.717, 1.165) is 17.0 Å². The molecule has 0 aliphatic heterocycles. The molecule has 1 aromatic carbocycles. The zero-order valence-corrected chi connectivity index (χ0v) is 14.6. The number of rotatable bonds is 9. The first kappa shape index (κ1) is 18.7. The second-order valence-corrected chi connectivity index (χ2v) is 5.60. The van der Waals surface area contributed by atoms with E-state index in [4.69, 9.17) is 14.2 Å². The second-order valence-electron chi connectivity index (χ2n) is 5.60. The molecule has 0 amide bonds. The average molecular weight is 341 g/mol. The predicted molar refractivity (Wildman–Crippen MR) is 96.1 cm³/mol. The van der Waals surface area contributed by atoms with Gasteiger partial charge >= 0.3 is 5.97 Å². The normalized spacial score (nSPS) is 11.0. The van der Waals surface area contributed by atoms with Gasteiger partial charge in [0.1, 0.15) is 19.0 Å². The topological polar surface area (TPSA) is 57.7 Å². The fourth-order valence-corrected chi connectivity index (χ4v) is 1.95. The number of hydrogen-bond acceptors (Lipinski definition) is 5. The number of esters is 1. The fourth-order valence-electron chi connectivity index (χ4n) is 1.95. The largest absolute Gasteiger partial charge is 0.487 e. The summed E-state index contributed by atoms with van der Waals surface area (Å²) in [4.78, 5) is 15.8. The minimum absolute atomic E-state index is 0.132. The summed E-state index contributed by atoms with van der Waals surface area (Å²) >= 11 is 0. The first-order valence-corrected chi connectivity index (χ1v) is 8.22. The number of nitrogens with zero attached hydrogens (tertiary/aromatic N) is 1. The Morgan fingerprint density at radius 1 is 1.12 bits per heavy atom. The zero-order valence-electron chi connectivity index (χ0n) is 14.6. The van der Waals surface area contributed by atoms with Gasteiger partial charge in [-0.05, 0) is 49.8 Å². The van der Waals surface area contributed by atoms with Gasteiger partial charge in [0.05, 0.1) is 18.4 Å². The van der Waals surface area contributed by atoms with Gasteiger partial charge in [0.15, 0.2) is 0 Å². The summed E-state index contributed by atoms with van der Waals surface area (Å²) in [6.45, 7) is 4.94. The summed E-state index contributed by atoms with van der Waals surface area (Å²) in [6, 6.07) is 13.2. The van der Waals surface area contributed by atoms with Crippen LogP contribution in [0.3, 0.4) is 0 Å². The van der Waals surface area contributed by atoms with Crippen molar-refractivity contribution in [2.45, 2.75) is 26.6 Å². The molecule has 132 valence electrons. The van der Waals surface area contributed by atoms with Crippen LogP contribution in [0.15, 0.2) is 54.7 Å². The van der Waals surface area contributed by atoms with Crippen molar-refractivity contribution in [1.82, 2.24) is 4.98 Å². The molecule has 0 aliphatic rings. The van der Waals surface area contributed by atoms with E-state index < -0.39 is 0 Å². The molecule has 0 spiro atoms. The highest BCUT2D eigenvalue weighted by Gasteiger charge is 2.00. The van der Waals surface area contributed by atoms with Crippen molar-refractivity contribution in [3.05, 3.63) is 66.0 Å². The highest BCUT2D eigenvalue weighted by Crippen LogP contribution is 2.14. The molecule has 0 saturated heterocycles. The Morgan fingerprint density at radius 3 is 2.60 bits per heavy atom. The SMILES string of the molecule is CC(C)OCCOC(=O)/C=C/c1ccc(OCc2ccccn2)cc1. The molecule has 5 nitrogen and oxygen atoms in total. The molecular weight excluding hydrogens is 318 g/mol. The summed E-state index contributed by atoms with van der Waals surface area (Å²) in [5, 5.41) is 0. The minimum Gasteiger partial charge on any atom is -0.487 e. The van der Waals surface area contributed by atoms with Gasteiger partial charge in [-0.3, -0.25) is 4.98 Å². The van der Waals surface area contributed by atoms with Crippen molar-refractivity contribution >= 4 is 12.0 Å². The van der Waals surface area contributed by atoms with Crippen molar-refractivity contribution in [2.24, 2.45) is 0 Å². The van der Waals surface area contributed by atoms with Crippen molar-refractivity contribution in [1.29, 1.82) is 0 Å². The van der Waals surface area contributed by atoms with E-state index >= 15 is 0 Å². The van der Waals surface area contributed by atoms with Gasteiger partial charge in [0.2, 0.25) is 0 Å². The Bertz CT molecular complexity index is 666. The first-order valence-electron chi connectivity index (χ1n) is 8.22. The van der Waals surface area contributed by atoms with Crippen LogP contribution >= 0.6 is 0 Å². The molecule has 0 radical (unpaired) electrons. The molecule has 0 fully saturated rings. The van der Waals surface area contributed by atoms with Crippen LogP contribution in [0.4, 0.5) is 0 Å². The molecule has 0 bridgehead atoms. The Balaban J connectivity index is 1.74. The van der Waals surface area contributed by atoms with Gasteiger partial charge in [0, 0.05) is 12.3 Å². The van der Waals surface area contributed by atoms with E-state index in [1.54, 1.807) is 12.3 Å². The molecule has 5 heteroatoms. The van der Waals surface area contributed by atoms with E-state index in [2.05, 4.69) is 4.98 Å². The monoisotopic (exact) mass is 341 g/mol. The Kier molecular flexibility index (Phi) is 7.66. The molecule has 0 N–H and O–H groups in total. The Labute approximate surface area is 148 Å². The standard InChI is InChI=1S/C20H23NO4/c1-16(2)23-13-14-24-20(22)11-8-17-6-9-19(10-7-17)25-15-18-5-3-4-12-21-18/h3-12,16H,13-15H2,1-2H3/b11-8+. The summed E-state index contributed by atoms with van der Waals surface area (Å²) < 4.78 is 16.0. The van der Waals surface area contributed by atoms with Crippen LogP contribution in [0, 0.1) is 0 Å².